The van der Waals surface area contributed by atoms with E-state index in [0.717, 1.165) is 28.4 Å². The molecule has 0 aliphatic rings. The molecule has 0 unspecified atom stereocenters. The van der Waals surface area contributed by atoms with E-state index >= 15 is 0 Å². The molecule has 0 bridgehead atoms. The standard InChI is InChI=1S/C19H24N2O3S2/c1-12-10-17(26-13(12)2)18(21-24-5)19(25)20-9-8-14-6-7-15(22-3)16(11-14)23-4/h6-7,10-11H,8-9H2,1-5H3,(H,20,25)/b21-18-. The van der Waals surface area contributed by atoms with Crippen LogP contribution in [0.15, 0.2) is 29.4 Å². The van der Waals surface area contributed by atoms with Crippen LogP contribution in [0.3, 0.4) is 0 Å². The van der Waals surface area contributed by atoms with E-state index in [9.17, 15) is 0 Å². The van der Waals surface area contributed by atoms with Crippen molar-refractivity contribution in [2.24, 2.45) is 5.16 Å². The number of oxime groups is 1. The molecule has 5 nitrogen and oxygen atoms in total. The Hall–Kier alpha value is -2.12. The van der Waals surface area contributed by atoms with Crippen LogP contribution < -0.4 is 14.8 Å². The fraction of sp³-hybridized carbons (Fsp3) is 0.368. The molecule has 0 saturated carbocycles. The SMILES string of the molecule is CO/N=C(\C(=S)NCCc1ccc(OC)c(OC)c1)c1cc(C)c(C)s1. The van der Waals surface area contributed by atoms with E-state index in [-0.39, 0.29) is 0 Å². The van der Waals surface area contributed by atoms with Gasteiger partial charge < -0.3 is 19.6 Å². The molecule has 0 aliphatic heterocycles. The zero-order valence-electron chi connectivity index (χ0n) is 15.7. The summed E-state index contributed by atoms with van der Waals surface area (Å²) in [5.41, 5.74) is 3.02. The number of hydrogen-bond acceptors (Lipinski definition) is 6. The molecule has 0 fully saturated rings. The van der Waals surface area contributed by atoms with Crippen LogP contribution in [0.1, 0.15) is 20.9 Å². The molecule has 0 atom stereocenters. The fourth-order valence-electron chi connectivity index (χ4n) is 2.42. The number of nitrogens with zero attached hydrogens (tertiary/aromatic N) is 1. The van der Waals surface area contributed by atoms with Gasteiger partial charge >= 0.3 is 0 Å². The van der Waals surface area contributed by atoms with Crippen molar-refractivity contribution in [2.45, 2.75) is 20.3 Å². The number of rotatable bonds is 8. The number of thiocarbonyl (C=S) groups is 1. The van der Waals surface area contributed by atoms with Crippen molar-refractivity contribution in [3.8, 4) is 11.5 Å². The fourth-order valence-corrected chi connectivity index (χ4v) is 3.76. The Morgan fingerprint density at radius 3 is 2.42 bits per heavy atom. The van der Waals surface area contributed by atoms with Crippen molar-refractivity contribution in [3.05, 3.63) is 45.1 Å². The second-order valence-corrected chi connectivity index (χ2v) is 7.33. The van der Waals surface area contributed by atoms with Gasteiger partial charge in [-0.05, 0) is 49.6 Å². The first-order chi connectivity index (χ1) is 12.5. The highest BCUT2D eigenvalue weighted by Gasteiger charge is 2.15. The molecule has 140 valence electrons. The van der Waals surface area contributed by atoms with Gasteiger partial charge in [0.1, 0.15) is 12.1 Å². The van der Waals surface area contributed by atoms with E-state index in [2.05, 4.69) is 30.4 Å². The second-order valence-electron chi connectivity index (χ2n) is 5.67. The number of aryl methyl sites for hydroxylation is 2. The minimum Gasteiger partial charge on any atom is -0.493 e. The van der Waals surface area contributed by atoms with Gasteiger partial charge in [0.25, 0.3) is 0 Å². The van der Waals surface area contributed by atoms with Gasteiger partial charge in [0, 0.05) is 11.4 Å². The first kappa shape index (κ1) is 20.2. The smallest absolute Gasteiger partial charge is 0.160 e. The summed E-state index contributed by atoms with van der Waals surface area (Å²) in [6.45, 7) is 4.84. The number of ether oxygens (including phenoxy) is 2. The van der Waals surface area contributed by atoms with E-state index in [0.29, 0.717) is 17.2 Å². The quantitative estimate of drug-likeness (QED) is 0.420. The van der Waals surface area contributed by atoms with Crippen LogP contribution in [-0.2, 0) is 11.3 Å². The predicted molar refractivity (Wildman–Crippen MR) is 111 cm³/mol. The molecular weight excluding hydrogens is 368 g/mol. The van der Waals surface area contributed by atoms with E-state index in [1.165, 1.54) is 17.6 Å². The Morgan fingerprint density at radius 1 is 1.12 bits per heavy atom. The summed E-state index contributed by atoms with van der Waals surface area (Å²) in [7, 11) is 4.79. The largest absolute Gasteiger partial charge is 0.493 e. The number of thiophene rings is 1. The lowest BCUT2D eigenvalue weighted by Crippen LogP contribution is -2.31. The average Bonchev–Trinajstić information content (AvgIpc) is 2.97. The molecule has 7 heteroatoms. The maximum atomic E-state index is 5.52. The molecule has 26 heavy (non-hydrogen) atoms. The Bertz CT molecular complexity index is 781. The highest BCUT2D eigenvalue weighted by atomic mass is 32.1. The third kappa shape index (κ3) is 4.95. The molecule has 1 aromatic heterocycles. The maximum Gasteiger partial charge on any atom is 0.160 e. The minimum absolute atomic E-state index is 0.577. The van der Waals surface area contributed by atoms with Crippen LogP contribution in [0, 0.1) is 13.8 Å². The van der Waals surface area contributed by atoms with Crippen LogP contribution in [-0.4, -0.2) is 38.6 Å². The summed E-state index contributed by atoms with van der Waals surface area (Å²) in [5, 5.41) is 7.38. The van der Waals surface area contributed by atoms with E-state index in [4.69, 9.17) is 26.5 Å². The number of hydrogen-bond donors (Lipinski definition) is 1. The van der Waals surface area contributed by atoms with Gasteiger partial charge in [0.05, 0.1) is 19.1 Å². The highest BCUT2D eigenvalue weighted by molar-refractivity contribution is 7.82. The molecule has 1 aromatic carbocycles. The Balaban J connectivity index is 2.01. The third-order valence-corrected chi connectivity index (χ3v) is 5.44. The van der Waals surface area contributed by atoms with Crippen LogP contribution in [0.25, 0.3) is 0 Å². The van der Waals surface area contributed by atoms with Crippen molar-refractivity contribution >= 4 is 34.3 Å². The summed E-state index contributed by atoms with van der Waals surface area (Å²) in [4.78, 5) is 7.82. The molecule has 0 amide bonds. The highest BCUT2D eigenvalue weighted by Crippen LogP contribution is 2.27. The summed E-state index contributed by atoms with van der Waals surface area (Å²) >= 11 is 7.18. The minimum atomic E-state index is 0.577. The van der Waals surface area contributed by atoms with Gasteiger partial charge in [0.15, 0.2) is 17.2 Å². The Kier molecular flexibility index (Phi) is 7.41. The number of benzene rings is 1. The van der Waals surface area contributed by atoms with Gasteiger partial charge in [-0.15, -0.1) is 11.3 Å². The zero-order valence-corrected chi connectivity index (χ0v) is 17.3. The summed E-state index contributed by atoms with van der Waals surface area (Å²) in [6.07, 6.45) is 0.795. The van der Waals surface area contributed by atoms with Crippen LogP contribution in [0.2, 0.25) is 0 Å². The molecule has 1 N–H and O–H groups in total. The van der Waals surface area contributed by atoms with Gasteiger partial charge in [-0.25, -0.2) is 0 Å². The van der Waals surface area contributed by atoms with Gasteiger partial charge in [-0.1, -0.05) is 23.4 Å². The van der Waals surface area contributed by atoms with Crippen LogP contribution >= 0.6 is 23.6 Å². The first-order valence-electron chi connectivity index (χ1n) is 8.17. The molecule has 0 radical (unpaired) electrons. The molecule has 2 aromatic rings. The lowest BCUT2D eigenvalue weighted by molar-refractivity contribution is 0.214. The monoisotopic (exact) mass is 392 g/mol. The lowest BCUT2D eigenvalue weighted by Gasteiger charge is -2.11. The lowest BCUT2D eigenvalue weighted by atomic mass is 10.1. The predicted octanol–water partition coefficient (Wildman–Crippen LogP) is 3.89. The van der Waals surface area contributed by atoms with Gasteiger partial charge in [-0.2, -0.15) is 0 Å². The van der Waals surface area contributed by atoms with Gasteiger partial charge in [-0.3, -0.25) is 0 Å². The van der Waals surface area contributed by atoms with Gasteiger partial charge in [0.2, 0.25) is 0 Å². The van der Waals surface area contributed by atoms with E-state index in [1.54, 1.807) is 25.6 Å². The Labute approximate surface area is 164 Å². The topological polar surface area (TPSA) is 52.1 Å². The molecular formula is C19H24N2O3S2. The van der Waals surface area contributed by atoms with Crippen molar-refractivity contribution in [3.63, 3.8) is 0 Å². The Morgan fingerprint density at radius 2 is 1.85 bits per heavy atom. The molecule has 1 heterocycles. The van der Waals surface area contributed by atoms with Crippen molar-refractivity contribution in [1.29, 1.82) is 0 Å². The van der Waals surface area contributed by atoms with Crippen molar-refractivity contribution in [2.75, 3.05) is 27.9 Å². The van der Waals surface area contributed by atoms with Crippen LogP contribution in [0.4, 0.5) is 0 Å². The number of methoxy groups -OCH3 is 2. The van der Waals surface area contributed by atoms with Crippen molar-refractivity contribution in [1.82, 2.24) is 5.32 Å². The van der Waals surface area contributed by atoms with E-state index < -0.39 is 0 Å². The van der Waals surface area contributed by atoms with Crippen molar-refractivity contribution < 1.29 is 14.3 Å². The average molecular weight is 393 g/mol. The summed E-state index contributed by atoms with van der Waals surface area (Å²) < 4.78 is 10.6. The second kappa shape index (κ2) is 9.54. The normalized spacial score (nSPS) is 11.2. The maximum absolute atomic E-state index is 5.52. The van der Waals surface area contributed by atoms with Crippen LogP contribution in [0.5, 0.6) is 11.5 Å². The third-order valence-electron chi connectivity index (χ3n) is 3.94. The summed E-state index contributed by atoms with van der Waals surface area (Å²) in [5.74, 6) is 1.44. The molecule has 0 aliphatic carbocycles. The summed E-state index contributed by atoms with van der Waals surface area (Å²) in [6, 6.07) is 7.98. The number of nitrogens with one attached hydrogen (secondary N) is 1. The first-order valence-corrected chi connectivity index (χ1v) is 9.40. The molecule has 2 rings (SSSR count). The molecule has 0 saturated heterocycles. The molecule has 0 spiro atoms. The zero-order chi connectivity index (χ0) is 19.1. The van der Waals surface area contributed by atoms with E-state index in [1.807, 2.05) is 18.2 Å².